The van der Waals surface area contributed by atoms with Gasteiger partial charge in [0.2, 0.25) is 10.0 Å². The maximum Gasteiger partial charge on any atom is 0.238 e. The van der Waals surface area contributed by atoms with Crippen molar-refractivity contribution in [3.63, 3.8) is 0 Å². The lowest BCUT2D eigenvalue weighted by Crippen LogP contribution is -2.29. The topological polar surface area (TPSA) is 98.2 Å². The van der Waals surface area contributed by atoms with Crippen LogP contribution in [0.1, 0.15) is 25.7 Å². The number of anilines is 1. The predicted octanol–water partition coefficient (Wildman–Crippen LogP) is 1.40. The predicted molar refractivity (Wildman–Crippen MR) is 76.2 cm³/mol. The van der Waals surface area contributed by atoms with Crippen molar-refractivity contribution in [2.75, 3.05) is 11.9 Å². The first-order chi connectivity index (χ1) is 9.36. The second-order valence-electron chi connectivity index (χ2n) is 5.35. The fraction of sp³-hybridized carbons (Fsp3) is 0.538. The largest absolute Gasteiger partial charge is 0.382 e. The van der Waals surface area contributed by atoms with Gasteiger partial charge in [-0.1, -0.05) is 0 Å². The molecule has 112 valence electrons. The van der Waals surface area contributed by atoms with E-state index in [1.807, 2.05) is 0 Å². The van der Waals surface area contributed by atoms with E-state index in [2.05, 4.69) is 5.32 Å². The lowest BCUT2D eigenvalue weighted by Gasteiger charge is -2.26. The highest BCUT2D eigenvalue weighted by Gasteiger charge is 2.19. The van der Waals surface area contributed by atoms with Crippen molar-refractivity contribution in [2.24, 2.45) is 16.8 Å². The van der Waals surface area contributed by atoms with Crippen molar-refractivity contribution < 1.29 is 12.8 Å². The summed E-state index contributed by atoms with van der Waals surface area (Å²) in [6.07, 6.45) is 4.06. The molecule has 0 aromatic heterocycles. The highest BCUT2D eigenvalue weighted by Crippen LogP contribution is 2.24. The van der Waals surface area contributed by atoms with E-state index >= 15 is 0 Å². The Hall–Kier alpha value is -1.18. The Kier molecular flexibility index (Phi) is 4.62. The van der Waals surface area contributed by atoms with Gasteiger partial charge in [-0.15, -0.1) is 0 Å². The summed E-state index contributed by atoms with van der Waals surface area (Å²) in [6, 6.07) is 3.94. The summed E-state index contributed by atoms with van der Waals surface area (Å²) in [7, 11) is -3.87. The van der Waals surface area contributed by atoms with Crippen LogP contribution >= 0.6 is 0 Å². The second kappa shape index (κ2) is 6.07. The van der Waals surface area contributed by atoms with Gasteiger partial charge in [-0.25, -0.2) is 17.9 Å². The summed E-state index contributed by atoms with van der Waals surface area (Å²) in [5, 5.41) is 7.98. The zero-order valence-electron chi connectivity index (χ0n) is 11.2. The van der Waals surface area contributed by atoms with Crippen LogP contribution in [0.15, 0.2) is 23.1 Å². The number of rotatable bonds is 4. The average molecular weight is 301 g/mol. The summed E-state index contributed by atoms with van der Waals surface area (Å²) in [4.78, 5) is -0.218. The molecule has 7 heteroatoms. The number of benzene rings is 1. The minimum Gasteiger partial charge on any atom is -0.382 e. The number of nitrogens with one attached hydrogen (secondary N) is 1. The molecule has 20 heavy (non-hydrogen) atoms. The van der Waals surface area contributed by atoms with Gasteiger partial charge in [0.15, 0.2) is 0 Å². The molecule has 0 atom stereocenters. The zero-order chi connectivity index (χ0) is 14.8. The van der Waals surface area contributed by atoms with Crippen LogP contribution in [0.4, 0.5) is 10.1 Å². The first-order valence-electron chi connectivity index (χ1n) is 6.68. The van der Waals surface area contributed by atoms with Crippen LogP contribution in [0, 0.1) is 11.7 Å². The molecule has 1 aromatic rings. The second-order valence-corrected chi connectivity index (χ2v) is 6.91. The Balaban J connectivity index is 1.97. The van der Waals surface area contributed by atoms with Crippen LogP contribution in [0.5, 0.6) is 0 Å². The Labute approximate surface area is 118 Å². The van der Waals surface area contributed by atoms with Crippen LogP contribution < -0.4 is 16.2 Å². The standard InChI is InChI=1S/C13H20FN3O2S/c14-12-7-11(20(16,18)19)5-6-13(12)17-8-9-1-3-10(15)4-2-9/h5-7,9-10,17H,1-4,8,15H2,(H2,16,18,19). The quantitative estimate of drug-likeness (QED) is 0.783. The first-order valence-corrected chi connectivity index (χ1v) is 8.22. The molecule has 1 fully saturated rings. The third kappa shape index (κ3) is 3.91. The van der Waals surface area contributed by atoms with Crippen LogP contribution in [0.3, 0.4) is 0 Å². The van der Waals surface area contributed by atoms with Gasteiger partial charge in [0.05, 0.1) is 10.6 Å². The molecule has 1 aliphatic rings. The fourth-order valence-corrected chi connectivity index (χ4v) is 2.99. The SMILES string of the molecule is NC1CCC(CNc2ccc(S(N)(=O)=O)cc2F)CC1. The number of hydrogen-bond acceptors (Lipinski definition) is 4. The van der Waals surface area contributed by atoms with E-state index in [1.165, 1.54) is 12.1 Å². The lowest BCUT2D eigenvalue weighted by molar-refractivity contribution is 0.338. The molecule has 0 spiro atoms. The summed E-state index contributed by atoms with van der Waals surface area (Å²) in [5.74, 6) is -0.129. The van der Waals surface area contributed by atoms with Crippen LogP contribution in [-0.2, 0) is 10.0 Å². The molecular formula is C13H20FN3O2S. The Morgan fingerprint density at radius 3 is 2.45 bits per heavy atom. The van der Waals surface area contributed by atoms with Crippen LogP contribution in [-0.4, -0.2) is 21.0 Å². The van der Waals surface area contributed by atoms with Crippen molar-refractivity contribution in [1.82, 2.24) is 0 Å². The molecule has 0 bridgehead atoms. The van der Waals surface area contributed by atoms with Gasteiger partial charge in [0.25, 0.3) is 0 Å². The molecule has 1 aromatic carbocycles. The molecule has 1 aliphatic carbocycles. The van der Waals surface area contributed by atoms with Crippen molar-refractivity contribution in [3.8, 4) is 0 Å². The number of halogens is 1. The molecule has 0 unspecified atom stereocenters. The Morgan fingerprint density at radius 1 is 1.25 bits per heavy atom. The van der Waals surface area contributed by atoms with Crippen molar-refractivity contribution in [1.29, 1.82) is 0 Å². The molecule has 0 heterocycles. The van der Waals surface area contributed by atoms with Crippen LogP contribution in [0.2, 0.25) is 0 Å². The van der Waals surface area contributed by atoms with Gasteiger partial charge in [-0.3, -0.25) is 0 Å². The number of nitrogens with two attached hydrogens (primary N) is 2. The first kappa shape index (κ1) is 15.2. The van der Waals surface area contributed by atoms with E-state index in [9.17, 15) is 12.8 Å². The van der Waals surface area contributed by atoms with Gasteiger partial charge in [0, 0.05) is 12.6 Å². The molecule has 2 rings (SSSR count). The molecule has 5 nitrogen and oxygen atoms in total. The van der Waals surface area contributed by atoms with Gasteiger partial charge >= 0.3 is 0 Å². The monoisotopic (exact) mass is 301 g/mol. The highest BCUT2D eigenvalue weighted by atomic mass is 32.2. The van der Waals surface area contributed by atoms with Crippen molar-refractivity contribution >= 4 is 15.7 Å². The van der Waals surface area contributed by atoms with Crippen molar-refractivity contribution in [3.05, 3.63) is 24.0 Å². The van der Waals surface area contributed by atoms with E-state index in [0.717, 1.165) is 31.7 Å². The summed E-state index contributed by atoms with van der Waals surface area (Å²) in [6.45, 7) is 0.665. The van der Waals surface area contributed by atoms with Gasteiger partial charge in [-0.2, -0.15) is 0 Å². The smallest absolute Gasteiger partial charge is 0.238 e. The Morgan fingerprint density at radius 2 is 1.90 bits per heavy atom. The maximum atomic E-state index is 13.8. The third-order valence-electron chi connectivity index (χ3n) is 3.74. The summed E-state index contributed by atoms with van der Waals surface area (Å²) in [5.41, 5.74) is 6.13. The lowest BCUT2D eigenvalue weighted by atomic mass is 9.86. The molecule has 0 amide bonds. The van der Waals surface area contributed by atoms with E-state index in [4.69, 9.17) is 10.9 Å². The number of primary sulfonamides is 1. The molecular weight excluding hydrogens is 281 g/mol. The normalized spacial score (nSPS) is 23.6. The number of hydrogen-bond donors (Lipinski definition) is 3. The van der Waals surface area contributed by atoms with E-state index in [-0.39, 0.29) is 10.9 Å². The molecule has 5 N–H and O–H groups in total. The van der Waals surface area contributed by atoms with Crippen LogP contribution in [0.25, 0.3) is 0 Å². The third-order valence-corrected chi connectivity index (χ3v) is 4.65. The van der Waals surface area contributed by atoms with Gasteiger partial charge in [0.1, 0.15) is 5.82 Å². The van der Waals surface area contributed by atoms with Gasteiger partial charge < -0.3 is 11.1 Å². The Bertz CT molecular complexity index is 569. The molecule has 0 radical (unpaired) electrons. The minimum absolute atomic E-state index is 0.218. The molecule has 1 saturated carbocycles. The van der Waals surface area contributed by atoms with E-state index in [0.29, 0.717) is 18.2 Å². The van der Waals surface area contributed by atoms with E-state index < -0.39 is 15.8 Å². The van der Waals surface area contributed by atoms with E-state index in [1.54, 1.807) is 0 Å². The van der Waals surface area contributed by atoms with Gasteiger partial charge in [-0.05, 0) is 49.8 Å². The number of sulfonamides is 1. The maximum absolute atomic E-state index is 13.8. The minimum atomic E-state index is -3.87. The summed E-state index contributed by atoms with van der Waals surface area (Å²) >= 11 is 0. The van der Waals surface area contributed by atoms with Crippen molar-refractivity contribution in [2.45, 2.75) is 36.6 Å². The highest BCUT2D eigenvalue weighted by molar-refractivity contribution is 7.89. The summed E-state index contributed by atoms with van der Waals surface area (Å²) < 4.78 is 36.0. The fourth-order valence-electron chi connectivity index (χ4n) is 2.46. The molecule has 0 aliphatic heterocycles. The molecule has 0 saturated heterocycles. The zero-order valence-corrected chi connectivity index (χ0v) is 12.0. The average Bonchev–Trinajstić information content (AvgIpc) is 2.38.